The van der Waals surface area contributed by atoms with Gasteiger partial charge in [-0.2, -0.15) is 0 Å². The number of halogens is 1. The molecule has 1 saturated carbocycles. The van der Waals surface area contributed by atoms with Crippen molar-refractivity contribution in [3.8, 4) is 5.75 Å². The number of ether oxygens (including phenoxy) is 2. The minimum atomic E-state index is -3.87. The first-order valence-electron chi connectivity index (χ1n) is 9.75. The fraction of sp³-hybridized carbons (Fsp3) is 0.333. The van der Waals surface area contributed by atoms with E-state index in [1.54, 1.807) is 55.5 Å². The van der Waals surface area contributed by atoms with Crippen LogP contribution in [-0.4, -0.2) is 44.8 Å². The molecule has 0 spiro atoms. The molecule has 2 atom stereocenters. The normalized spacial score (nSPS) is 23.0. The van der Waals surface area contributed by atoms with Gasteiger partial charge in [0.25, 0.3) is 0 Å². The molecule has 0 aromatic heterocycles. The first kappa shape index (κ1) is 21.5. The molecule has 1 saturated heterocycles. The van der Waals surface area contributed by atoms with Gasteiger partial charge in [0, 0.05) is 23.2 Å². The summed E-state index contributed by atoms with van der Waals surface area (Å²) in [5.74, 6) is -0.860. The first-order chi connectivity index (χ1) is 14.8. The van der Waals surface area contributed by atoms with Gasteiger partial charge in [-0.25, -0.2) is 13.2 Å². The van der Waals surface area contributed by atoms with Crippen LogP contribution in [0.4, 0.5) is 11.4 Å². The molecule has 0 radical (unpaired) electrons. The third-order valence-corrected chi connectivity index (χ3v) is 8.26. The Morgan fingerprint density at radius 2 is 1.84 bits per heavy atom. The van der Waals surface area contributed by atoms with Crippen LogP contribution in [0, 0.1) is 5.92 Å². The Kier molecular flexibility index (Phi) is 5.57. The summed E-state index contributed by atoms with van der Waals surface area (Å²) in [5.41, 5.74) is 0.931. The highest BCUT2D eigenvalue weighted by molar-refractivity contribution is 7.95. The van der Waals surface area contributed by atoms with Gasteiger partial charge >= 0.3 is 5.97 Å². The Bertz CT molecular complexity index is 1100. The van der Waals surface area contributed by atoms with Crippen molar-refractivity contribution in [1.82, 2.24) is 0 Å². The number of carbonyl (C=O) groups excluding carboxylic acids is 2. The van der Waals surface area contributed by atoms with E-state index in [0.29, 0.717) is 28.6 Å². The van der Waals surface area contributed by atoms with Crippen LogP contribution in [0.15, 0.2) is 48.5 Å². The van der Waals surface area contributed by atoms with Gasteiger partial charge in [0.15, 0.2) is 11.4 Å². The highest BCUT2D eigenvalue weighted by atomic mass is 35.5. The van der Waals surface area contributed by atoms with Gasteiger partial charge in [-0.05, 0) is 61.9 Å². The Balaban J connectivity index is 1.43. The lowest BCUT2D eigenvalue weighted by atomic mass is 10.2. The number of nitrogens with one attached hydrogen (secondary N) is 1. The van der Waals surface area contributed by atoms with Crippen LogP contribution in [0.5, 0.6) is 5.75 Å². The van der Waals surface area contributed by atoms with E-state index in [1.165, 1.54) is 4.31 Å². The van der Waals surface area contributed by atoms with Gasteiger partial charge in [0.05, 0.1) is 12.3 Å². The minimum absolute atomic E-state index is 0.219. The Labute approximate surface area is 185 Å². The van der Waals surface area contributed by atoms with E-state index in [9.17, 15) is 18.0 Å². The van der Waals surface area contributed by atoms with Gasteiger partial charge in [-0.15, -0.1) is 0 Å². The molecule has 4 rings (SSSR count). The van der Waals surface area contributed by atoms with Crippen molar-refractivity contribution in [2.45, 2.75) is 18.1 Å². The zero-order valence-corrected chi connectivity index (χ0v) is 18.3. The summed E-state index contributed by atoms with van der Waals surface area (Å²) in [5, 5.41) is 3.21. The second-order valence-electron chi connectivity index (χ2n) is 7.38. The Hall–Kier alpha value is -2.78. The van der Waals surface area contributed by atoms with Gasteiger partial charge < -0.3 is 14.8 Å². The maximum absolute atomic E-state index is 13.2. The topological polar surface area (TPSA) is 102 Å². The van der Waals surface area contributed by atoms with Crippen LogP contribution < -0.4 is 14.4 Å². The highest BCUT2D eigenvalue weighted by Gasteiger charge is 2.75. The molecular weight excluding hydrogens is 444 g/mol. The second kappa shape index (κ2) is 8.05. The molecule has 2 fully saturated rings. The van der Waals surface area contributed by atoms with Crippen molar-refractivity contribution < 1.29 is 27.5 Å². The number of anilines is 2. The fourth-order valence-corrected chi connectivity index (χ4v) is 6.28. The molecule has 31 heavy (non-hydrogen) atoms. The molecule has 8 nitrogen and oxygen atoms in total. The van der Waals surface area contributed by atoms with Crippen molar-refractivity contribution in [3.63, 3.8) is 0 Å². The van der Waals surface area contributed by atoms with Crippen LogP contribution in [0.1, 0.15) is 13.3 Å². The number of esters is 1. The van der Waals surface area contributed by atoms with Crippen LogP contribution >= 0.6 is 11.6 Å². The SMILES string of the molecule is CCOC(=O)COc1ccc(NC(=O)[C@]23C[C@@H]2CN(c2ccc(Cl)cc2)S3(=O)=O)cc1. The molecule has 1 N–H and O–H groups in total. The summed E-state index contributed by atoms with van der Waals surface area (Å²) >= 11 is 5.89. The third kappa shape index (κ3) is 3.83. The quantitative estimate of drug-likeness (QED) is 0.632. The van der Waals surface area contributed by atoms with Crippen LogP contribution in [0.3, 0.4) is 0 Å². The number of hydrogen-bond donors (Lipinski definition) is 1. The number of rotatable bonds is 7. The monoisotopic (exact) mass is 464 g/mol. The van der Waals surface area contributed by atoms with Gasteiger partial charge in [0.2, 0.25) is 15.9 Å². The third-order valence-electron chi connectivity index (χ3n) is 5.46. The predicted molar refractivity (Wildman–Crippen MR) is 116 cm³/mol. The predicted octanol–water partition coefficient (Wildman–Crippen LogP) is 2.83. The smallest absolute Gasteiger partial charge is 0.344 e. The van der Waals surface area contributed by atoms with E-state index in [4.69, 9.17) is 21.1 Å². The summed E-state index contributed by atoms with van der Waals surface area (Å²) in [6.45, 7) is 2.02. The van der Waals surface area contributed by atoms with E-state index >= 15 is 0 Å². The van der Waals surface area contributed by atoms with E-state index in [1.807, 2.05) is 0 Å². The van der Waals surface area contributed by atoms with E-state index in [0.717, 1.165) is 0 Å². The lowest BCUT2D eigenvalue weighted by molar-refractivity contribution is -0.145. The maximum atomic E-state index is 13.2. The average molecular weight is 465 g/mol. The van der Waals surface area contributed by atoms with Crippen molar-refractivity contribution in [2.75, 3.05) is 29.4 Å². The van der Waals surface area contributed by atoms with Crippen LogP contribution in [0.2, 0.25) is 5.02 Å². The highest BCUT2D eigenvalue weighted by Crippen LogP contribution is 2.58. The molecule has 1 aliphatic carbocycles. The maximum Gasteiger partial charge on any atom is 0.344 e. The first-order valence-corrected chi connectivity index (χ1v) is 11.6. The van der Waals surface area contributed by atoms with E-state index < -0.39 is 26.6 Å². The number of amides is 1. The largest absolute Gasteiger partial charge is 0.482 e. The zero-order valence-electron chi connectivity index (χ0n) is 16.7. The van der Waals surface area contributed by atoms with E-state index in [-0.39, 0.29) is 25.7 Å². The molecule has 2 aromatic carbocycles. The zero-order chi connectivity index (χ0) is 22.2. The number of nitrogens with zero attached hydrogens (tertiary/aromatic N) is 1. The van der Waals surface area contributed by atoms with Crippen molar-refractivity contribution in [2.24, 2.45) is 5.92 Å². The molecular formula is C21H21ClN2O6S. The second-order valence-corrected chi connectivity index (χ2v) is 9.93. The summed E-state index contributed by atoms with van der Waals surface area (Å²) in [6.07, 6.45) is 0.298. The molecule has 1 amide bonds. The fourth-order valence-electron chi connectivity index (χ4n) is 3.79. The van der Waals surface area contributed by atoms with Gasteiger partial charge in [-0.3, -0.25) is 9.10 Å². The summed E-state index contributed by atoms with van der Waals surface area (Å²) in [6, 6.07) is 12.8. The number of hydrogen-bond acceptors (Lipinski definition) is 6. The number of fused-ring (bicyclic) bond motifs is 1. The molecule has 2 aromatic rings. The standard InChI is InChI=1S/C21H21ClN2O6S/c1-2-29-19(25)13-30-18-9-5-16(6-10-18)23-20(26)21-11-14(21)12-24(31(21,27)28)17-7-3-15(22)4-8-17/h3-10,14H,2,11-13H2,1H3,(H,23,26)/t14-,21+/m1/s1. The Morgan fingerprint density at radius 3 is 2.48 bits per heavy atom. The van der Waals surface area contributed by atoms with E-state index in [2.05, 4.69) is 5.32 Å². The molecule has 0 unspecified atom stereocenters. The van der Waals surface area contributed by atoms with Crippen LogP contribution in [0.25, 0.3) is 0 Å². The summed E-state index contributed by atoms with van der Waals surface area (Å²) in [7, 11) is -3.87. The average Bonchev–Trinajstić information content (AvgIpc) is 3.44. The number of benzene rings is 2. The lowest BCUT2D eigenvalue weighted by Crippen LogP contribution is -2.42. The van der Waals surface area contributed by atoms with Gasteiger partial charge in [0.1, 0.15) is 5.75 Å². The lowest BCUT2D eigenvalue weighted by Gasteiger charge is -2.23. The Morgan fingerprint density at radius 1 is 1.16 bits per heavy atom. The van der Waals surface area contributed by atoms with Gasteiger partial charge in [-0.1, -0.05) is 11.6 Å². The van der Waals surface area contributed by atoms with Crippen molar-refractivity contribution in [1.29, 1.82) is 0 Å². The molecule has 2 aliphatic rings. The van der Waals surface area contributed by atoms with Crippen LogP contribution in [-0.2, 0) is 24.3 Å². The molecule has 164 valence electrons. The molecule has 0 bridgehead atoms. The summed E-state index contributed by atoms with van der Waals surface area (Å²) < 4.78 is 36.3. The summed E-state index contributed by atoms with van der Waals surface area (Å²) in [4.78, 5) is 24.3. The minimum Gasteiger partial charge on any atom is -0.482 e. The van der Waals surface area contributed by atoms with Crippen molar-refractivity contribution >= 4 is 44.9 Å². The molecule has 10 heteroatoms. The molecule has 1 aliphatic heterocycles. The van der Waals surface area contributed by atoms with Crippen molar-refractivity contribution in [3.05, 3.63) is 53.6 Å². The number of sulfonamides is 1. The number of carbonyl (C=O) groups is 2. The molecule has 1 heterocycles.